The first kappa shape index (κ1) is 11.9. The summed E-state index contributed by atoms with van der Waals surface area (Å²) in [5, 5.41) is 16.2. The Morgan fingerprint density at radius 1 is 0.778 bits per heavy atom. The lowest BCUT2D eigenvalue weighted by atomic mass is 10.00. The number of oxime groups is 1. The van der Waals surface area contributed by atoms with Crippen LogP contribution in [0.25, 0.3) is 0 Å². The zero-order valence-corrected chi connectivity index (χ0v) is 9.69. The Morgan fingerprint density at radius 2 is 1.22 bits per heavy atom. The van der Waals surface area contributed by atoms with Crippen molar-refractivity contribution in [2.45, 2.75) is 0 Å². The molecular weight excluding hydrogens is 226 g/mol. The molecule has 2 rings (SSSR count). The van der Waals surface area contributed by atoms with Crippen molar-refractivity contribution >= 4 is 11.4 Å². The van der Waals surface area contributed by atoms with E-state index in [0.717, 1.165) is 11.1 Å². The topological polar surface area (TPSA) is 71.0 Å². The number of nitrogens with zero attached hydrogens (tertiary/aromatic N) is 2. The standard InChI is InChI=1S/C14H13N3O/c15-16-13(11-7-3-1-4-8-11)14(17-18)12-9-5-2-6-10-12/h1-10,18H,15H2. The van der Waals surface area contributed by atoms with E-state index in [9.17, 15) is 5.21 Å². The third-order valence-electron chi connectivity index (χ3n) is 2.55. The minimum Gasteiger partial charge on any atom is -0.410 e. The Morgan fingerprint density at radius 3 is 1.61 bits per heavy atom. The molecule has 0 saturated carbocycles. The maximum absolute atomic E-state index is 9.19. The van der Waals surface area contributed by atoms with Gasteiger partial charge in [-0.1, -0.05) is 65.8 Å². The molecular formula is C14H13N3O. The maximum atomic E-state index is 9.19. The molecule has 0 unspecified atom stereocenters. The molecule has 0 bridgehead atoms. The second-order valence-corrected chi connectivity index (χ2v) is 3.66. The molecule has 0 aromatic heterocycles. The average molecular weight is 239 g/mol. The van der Waals surface area contributed by atoms with Crippen molar-refractivity contribution in [2.24, 2.45) is 16.1 Å². The maximum Gasteiger partial charge on any atom is 0.137 e. The molecule has 0 amide bonds. The van der Waals surface area contributed by atoms with Crippen LogP contribution in [0.15, 0.2) is 70.9 Å². The van der Waals surface area contributed by atoms with Crippen LogP contribution >= 0.6 is 0 Å². The molecule has 18 heavy (non-hydrogen) atoms. The highest BCUT2D eigenvalue weighted by Gasteiger charge is 2.14. The summed E-state index contributed by atoms with van der Waals surface area (Å²) in [4.78, 5) is 0. The van der Waals surface area contributed by atoms with Gasteiger partial charge < -0.3 is 11.0 Å². The van der Waals surface area contributed by atoms with Crippen molar-refractivity contribution in [1.82, 2.24) is 0 Å². The van der Waals surface area contributed by atoms with Crippen LogP contribution in [-0.4, -0.2) is 16.6 Å². The molecule has 0 aliphatic rings. The minimum absolute atomic E-state index is 0.351. The lowest BCUT2D eigenvalue weighted by Crippen LogP contribution is -2.19. The number of rotatable bonds is 3. The molecule has 0 heterocycles. The second-order valence-electron chi connectivity index (χ2n) is 3.66. The molecule has 0 atom stereocenters. The van der Waals surface area contributed by atoms with Gasteiger partial charge >= 0.3 is 0 Å². The van der Waals surface area contributed by atoms with Crippen LogP contribution in [0.1, 0.15) is 11.1 Å². The van der Waals surface area contributed by atoms with Crippen molar-refractivity contribution in [2.75, 3.05) is 0 Å². The Balaban J connectivity index is 2.45. The minimum atomic E-state index is 0.351. The largest absolute Gasteiger partial charge is 0.410 e. The predicted molar refractivity (Wildman–Crippen MR) is 71.9 cm³/mol. The van der Waals surface area contributed by atoms with E-state index in [1.807, 2.05) is 60.7 Å². The molecule has 2 aromatic rings. The lowest BCUT2D eigenvalue weighted by molar-refractivity contribution is 0.320. The van der Waals surface area contributed by atoms with Crippen molar-refractivity contribution in [3.05, 3.63) is 71.8 Å². The van der Waals surface area contributed by atoms with Gasteiger partial charge in [0.25, 0.3) is 0 Å². The van der Waals surface area contributed by atoms with Crippen LogP contribution in [0, 0.1) is 0 Å². The van der Waals surface area contributed by atoms with Crippen LogP contribution < -0.4 is 5.84 Å². The van der Waals surface area contributed by atoms with Crippen molar-refractivity contribution in [3.8, 4) is 0 Å². The number of benzene rings is 2. The van der Waals surface area contributed by atoms with E-state index in [1.165, 1.54) is 0 Å². The van der Waals surface area contributed by atoms with E-state index in [1.54, 1.807) is 0 Å². The smallest absolute Gasteiger partial charge is 0.137 e. The van der Waals surface area contributed by atoms with Crippen LogP contribution in [0.3, 0.4) is 0 Å². The molecule has 0 radical (unpaired) electrons. The number of hydrogen-bond acceptors (Lipinski definition) is 4. The summed E-state index contributed by atoms with van der Waals surface area (Å²) in [6.07, 6.45) is 0. The first-order valence-corrected chi connectivity index (χ1v) is 5.48. The van der Waals surface area contributed by atoms with Crippen molar-refractivity contribution in [3.63, 3.8) is 0 Å². The van der Waals surface area contributed by atoms with Crippen LogP contribution in [-0.2, 0) is 0 Å². The third kappa shape index (κ3) is 2.38. The molecule has 3 N–H and O–H groups in total. The first-order valence-electron chi connectivity index (χ1n) is 5.48. The highest BCUT2D eigenvalue weighted by molar-refractivity contribution is 6.53. The van der Waals surface area contributed by atoms with Gasteiger partial charge in [-0.3, -0.25) is 0 Å². The van der Waals surface area contributed by atoms with E-state index < -0.39 is 0 Å². The Kier molecular flexibility index (Phi) is 3.71. The monoisotopic (exact) mass is 239 g/mol. The fourth-order valence-corrected chi connectivity index (χ4v) is 1.71. The van der Waals surface area contributed by atoms with Gasteiger partial charge in [0.05, 0.1) is 0 Å². The van der Waals surface area contributed by atoms with E-state index in [0.29, 0.717) is 11.4 Å². The van der Waals surface area contributed by atoms with Gasteiger partial charge in [0.2, 0.25) is 0 Å². The SMILES string of the molecule is NN=C(C(=NO)c1ccccc1)c1ccccc1. The highest BCUT2D eigenvalue weighted by atomic mass is 16.4. The van der Waals surface area contributed by atoms with Gasteiger partial charge in [-0.05, 0) is 0 Å². The second kappa shape index (κ2) is 5.63. The summed E-state index contributed by atoms with van der Waals surface area (Å²) >= 11 is 0. The summed E-state index contributed by atoms with van der Waals surface area (Å²) in [5.41, 5.74) is 2.36. The highest BCUT2D eigenvalue weighted by Crippen LogP contribution is 2.09. The predicted octanol–water partition coefficient (Wildman–Crippen LogP) is 2.23. The summed E-state index contributed by atoms with van der Waals surface area (Å²) in [7, 11) is 0. The van der Waals surface area contributed by atoms with Gasteiger partial charge in [0.15, 0.2) is 0 Å². The van der Waals surface area contributed by atoms with Crippen molar-refractivity contribution < 1.29 is 5.21 Å². The molecule has 4 heteroatoms. The van der Waals surface area contributed by atoms with Gasteiger partial charge in [-0.2, -0.15) is 5.10 Å². The Hall–Kier alpha value is -2.62. The van der Waals surface area contributed by atoms with Crippen LogP contribution in [0.5, 0.6) is 0 Å². The number of hydrogen-bond donors (Lipinski definition) is 2. The molecule has 0 spiro atoms. The quantitative estimate of drug-likeness (QED) is 0.373. The first-order chi connectivity index (χ1) is 8.86. The normalized spacial score (nSPS) is 12.4. The summed E-state index contributed by atoms with van der Waals surface area (Å²) < 4.78 is 0. The molecule has 0 aliphatic carbocycles. The lowest BCUT2D eigenvalue weighted by Gasteiger charge is -2.07. The zero-order valence-electron chi connectivity index (χ0n) is 9.69. The van der Waals surface area contributed by atoms with E-state index in [4.69, 9.17) is 5.84 Å². The summed E-state index contributed by atoms with van der Waals surface area (Å²) in [5.74, 6) is 5.41. The number of hydrazone groups is 1. The van der Waals surface area contributed by atoms with Gasteiger partial charge in [-0.25, -0.2) is 0 Å². The average Bonchev–Trinajstić information content (AvgIpc) is 2.46. The van der Waals surface area contributed by atoms with Gasteiger partial charge in [-0.15, -0.1) is 0 Å². The van der Waals surface area contributed by atoms with Gasteiger partial charge in [0, 0.05) is 11.1 Å². The molecule has 4 nitrogen and oxygen atoms in total. The Labute approximate surface area is 105 Å². The zero-order chi connectivity index (χ0) is 12.8. The molecule has 0 saturated heterocycles. The van der Waals surface area contributed by atoms with Crippen molar-refractivity contribution in [1.29, 1.82) is 0 Å². The fraction of sp³-hybridized carbons (Fsp3) is 0. The Bertz CT molecular complexity index is 509. The van der Waals surface area contributed by atoms with Crippen LogP contribution in [0.4, 0.5) is 0 Å². The molecule has 2 aromatic carbocycles. The summed E-state index contributed by atoms with van der Waals surface area (Å²) in [6.45, 7) is 0. The van der Waals surface area contributed by atoms with E-state index in [-0.39, 0.29) is 0 Å². The third-order valence-corrected chi connectivity index (χ3v) is 2.55. The van der Waals surface area contributed by atoms with Crippen LogP contribution in [0.2, 0.25) is 0 Å². The molecule has 90 valence electrons. The fourth-order valence-electron chi connectivity index (χ4n) is 1.71. The number of nitrogens with two attached hydrogens (primary N) is 1. The molecule has 0 fully saturated rings. The van der Waals surface area contributed by atoms with E-state index >= 15 is 0 Å². The van der Waals surface area contributed by atoms with Gasteiger partial charge in [0.1, 0.15) is 11.4 Å². The molecule has 0 aliphatic heterocycles. The van der Waals surface area contributed by atoms with E-state index in [2.05, 4.69) is 10.3 Å². The summed E-state index contributed by atoms with van der Waals surface area (Å²) in [6, 6.07) is 18.7.